The molecule has 0 saturated carbocycles. The van der Waals surface area contributed by atoms with Gasteiger partial charge in [-0.2, -0.15) is 0 Å². The molecule has 114 valence electrons. The summed E-state index contributed by atoms with van der Waals surface area (Å²) in [5, 5.41) is 8.80. The van der Waals surface area contributed by atoms with Crippen molar-refractivity contribution in [3.05, 3.63) is 26.8 Å². The first-order chi connectivity index (χ1) is 9.76. The molecule has 0 aromatic carbocycles. The smallest absolute Gasteiger partial charge is 0.265 e. The van der Waals surface area contributed by atoms with Gasteiger partial charge < -0.3 is 16.4 Å². The lowest BCUT2D eigenvalue weighted by Gasteiger charge is -2.19. The van der Waals surface area contributed by atoms with E-state index < -0.39 is 0 Å². The van der Waals surface area contributed by atoms with Gasteiger partial charge in [-0.25, -0.2) is 4.98 Å². The van der Waals surface area contributed by atoms with Crippen LogP contribution in [0.3, 0.4) is 0 Å². The maximum Gasteiger partial charge on any atom is 0.265 e. The fourth-order valence-electron chi connectivity index (χ4n) is 1.69. The number of carbonyl (C=O) groups excluding carboxylic acids is 1. The molecule has 5 nitrogen and oxygen atoms in total. The molecule has 2 aromatic rings. The van der Waals surface area contributed by atoms with Gasteiger partial charge >= 0.3 is 0 Å². The second-order valence-corrected chi connectivity index (χ2v) is 7.82. The van der Waals surface area contributed by atoms with Gasteiger partial charge in [0.25, 0.3) is 5.91 Å². The predicted octanol–water partition coefficient (Wildman–Crippen LogP) is 3.24. The molecule has 0 fully saturated rings. The Hall–Kier alpha value is -1.60. The van der Waals surface area contributed by atoms with Crippen LogP contribution in [0, 0.1) is 6.92 Å². The average molecular weight is 324 g/mol. The zero-order valence-electron chi connectivity index (χ0n) is 12.6. The minimum absolute atomic E-state index is 0.119. The zero-order chi connectivity index (χ0) is 15.6. The number of carbonyl (C=O) groups is 1. The second kappa shape index (κ2) is 6.03. The van der Waals surface area contributed by atoms with Crippen LogP contribution >= 0.6 is 22.7 Å². The monoisotopic (exact) mass is 324 g/mol. The van der Waals surface area contributed by atoms with Gasteiger partial charge in [0.2, 0.25) is 0 Å². The summed E-state index contributed by atoms with van der Waals surface area (Å²) in [6, 6.07) is 2.04. The highest BCUT2D eigenvalue weighted by molar-refractivity contribution is 7.18. The van der Waals surface area contributed by atoms with E-state index in [1.54, 1.807) is 11.3 Å². The molecular formula is C14H20N4OS2. The third-order valence-electron chi connectivity index (χ3n) is 2.72. The Labute approximate surface area is 132 Å². The topological polar surface area (TPSA) is 80.0 Å². The van der Waals surface area contributed by atoms with E-state index in [1.807, 2.05) is 39.1 Å². The molecule has 0 radical (unpaired) electrons. The molecule has 21 heavy (non-hydrogen) atoms. The summed E-state index contributed by atoms with van der Waals surface area (Å²) in [7, 11) is 0. The molecule has 0 unspecified atom stereocenters. The molecule has 0 bridgehead atoms. The lowest BCUT2D eigenvalue weighted by molar-refractivity contribution is 0.0956. The van der Waals surface area contributed by atoms with Crippen molar-refractivity contribution in [2.75, 3.05) is 11.1 Å². The minimum Gasteiger partial charge on any atom is -0.382 e. The molecule has 2 heterocycles. The lowest BCUT2D eigenvalue weighted by atomic mass is 10.1. The standard InChI is InChI=1S/C14H20N4OS2/c1-8-5-6-20-9(8)7-16-12(19)10-11(15)17-13(21-10)18-14(2,3)4/h5-6H,7,15H2,1-4H3,(H,16,19)(H,17,18). The van der Waals surface area contributed by atoms with Gasteiger partial charge in [-0.1, -0.05) is 11.3 Å². The Morgan fingerprint density at radius 3 is 2.71 bits per heavy atom. The van der Waals surface area contributed by atoms with Crippen molar-refractivity contribution in [3.63, 3.8) is 0 Å². The number of aromatic nitrogens is 1. The number of rotatable bonds is 4. The molecule has 0 atom stereocenters. The molecule has 7 heteroatoms. The number of nitrogens with one attached hydrogen (secondary N) is 2. The molecule has 1 amide bonds. The number of thiophene rings is 1. The number of hydrogen-bond acceptors (Lipinski definition) is 6. The van der Waals surface area contributed by atoms with Gasteiger partial charge in [-0.15, -0.1) is 11.3 Å². The van der Waals surface area contributed by atoms with Crippen molar-refractivity contribution >= 4 is 39.5 Å². The first-order valence-electron chi connectivity index (χ1n) is 6.62. The zero-order valence-corrected chi connectivity index (χ0v) is 14.2. The van der Waals surface area contributed by atoms with Crippen LogP contribution in [0.5, 0.6) is 0 Å². The van der Waals surface area contributed by atoms with Crippen LogP contribution in [0.15, 0.2) is 11.4 Å². The highest BCUT2D eigenvalue weighted by Gasteiger charge is 2.19. The fraction of sp³-hybridized carbons (Fsp3) is 0.429. The molecule has 2 rings (SSSR count). The van der Waals surface area contributed by atoms with Crippen molar-refractivity contribution in [1.82, 2.24) is 10.3 Å². The average Bonchev–Trinajstić information content (AvgIpc) is 2.91. The molecule has 0 spiro atoms. The SMILES string of the molecule is Cc1ccsc1CNC(=O)c1sc(NC(C)(C)C)nc1N. The molecule has 0 aliphatic rings. The lowest BCUT2D eigenvalue weighted by Crippen LogP contribution is -2.25. The van der Waals surface area contributed by atoms with Gasteiger partial charge in [0.05, 0.1) is 6.54 Å². The van der Waals surface area contributed by atoms with Gasteiger partial charge in [0, 0.05) is 10.4 Å². The third-order valence-corrected chi connectivity index (χ3v) is 4.73. The van der Waals surface area contributed by atoms with Crippen LogP contribution in [0.25, 0.3) is 0 Å². The normalized spacial score (nSPS) is 11.4. The number of nitrogens with two attached hydrogens (primary N) is 1. The summed E-state index contributed by atoms with van der Waals surface area (Å²) in [6.45, 7) is 8.64. The van der Waals surface area contributed by atoms with Crippen molar-refractivity contribution in [2.24, 2.45) is 0 Å². The Morgan fingerprint density at radius 2 is 2.14 bits per heavy atom. The van der Waals surface area contributed by atoms with Crippen molar-refractivity contribution in [1.29, 1.82) is 0 Å². The largest absolute Gasteiger partial charge is 0.382 e. The van der Waals surface area contributed by atoms with Gasteiger partial charge in [0.1, 0.15) is 10.7 Å². The minimum atomic E-state index is -0.181. The van der Waals surface area contributed by atoms with Crippen LogP contribution in [0.1, 0.15) is 40.9 Å². The van der Waals surface area contributed by atoms with E-state index in [0.29, 0.717) is 16.6 Å². The van der Waals surface area contributed by atoms with E-state index in [1.165, 1.54) is 16.9 Å². The van der Waals surface area contributed by atoms with Crippen LogP contribution in [-0.2, 0) is 6.54 Å². The highest BCUT2D eigenvalue weighted by Crippen LogP contribution is 2.27. The number of nitrogen functional groups attached to an aromatic ring is 1. The summed E-state index contributed by atoms with van der Waals surface area (Å²) in [5.74, 6) is 0.0897. The van der Waals surface area contributed by atoms with Crippen LogP contribution in [-0.4, -0.2) is 16.4 Å². The Bertz CT molecular complexity index is 640. The van der Waals surface area contributed by atoms with E-state index in [9.17, 15) is 4.79 Å². The van der Waals surface area contributed by atoms with Gasteiger partial charge in [-0.3, -0.25) is 4.79 Å². The summed E-state index contributed by atoms with van der Waals surface area (Å²) in [6.07, 6.45) is 0. The predicted molar refractivity (Wildman–Crippen MR) is 90.1 cm³/mol. The summed E-state index contributed by atoms with van der Waals surface area (Å²) < 4.78 is 0. The number of hydrogen-bond donors (Lipinski definition) is 3. The number of thiazole rings is 1. The summed E-state index contributed by atoms with van der Waals surface area (Å²) >= 11 is 2.91. The maximum atomic E-state index is 12.2. The Kier molecular flexibility index (Phi) is 4.53. The second-order valence-electron chi connectivity index (χ2n) is 5.82. The van der Waals surface area contributed by atoms with Crippen molar-refractivity contribution < 1.29 is 4.79 Å². The summed E-state index contributed by atoms with van der Waals surface area (Å²) in [5.41, 5.74) is 6.91. The van der Waals surface area contributed by atoms with Crippen molar-refractivity contribution in [3.8, 4) is 0 Å². The molecule has 0 aliphatic carbocycles. The number of aryl methyl sites for hydroxylation is 1. The fourth-order valence-corrected chi connectivity index (χ4v) is 3.55. The highest BCUT2D eigenvalue weighted by atomic mass is 32.1. The molecule has 2 aromatic heterocycles. The first-order valence-corrected chi connectivity index (χ1v) is 8.31. The maximum absolute atomic E-state index is 12.2. The number of anilines is 2. The summed E-state index contributed by atoms with van der Waals surface area (Å²) in [4.78, 5) is 18.0. The quantitative estimate of drug-likeness (QED) is 0.806. The Balaban J connectivity index is 2.04. The Morgan fingerprint density at radius 1 is 1.43 bits per heavy atom. The van der Waals surface area contributed by atoms with E-state index in [2.05, 4.69) is 15.6 Å². The van der Waals surface area contributed by atoms with E-state index in [4.69, 9.17) is 5.73 Å². The van der Waals surface area contributed by atoms with Gasteiger partial charge in [-0.05, 0) is 44.7 Å². The molecule has 0 aliphatic heterocycles. The van der Waals surface area contributed by atoms with E-state index in [-0.39, 0.29) is 17.3 Å². The van der Waals surface area contributed by atoms with Gasteiger partial charge in [0.15, 0.2) is 5.13 Å². The number of nitrogens with zero attached hydrogens (tertiary/aromatic N) is 1. The molecular weight excluding hydrogens is 304 g/mol. The molecule has 4 N–H and O–H groups in total. The van der Waals surface area contributed by atoms with Crippen molar-refractivity contribution in [2.45, 2.75) is 39.8 Å². The van der Waals surface area contributed by atoms with Crippen LogP contribution in [0.2, 0.25) is 0 Å². The molecule has 0 saturated heterocycles. The van der Waals surface area contributed by atoms with E-state index in [0.717, 1.165) is 4.88 Å². The van der Waals surface area contributed by atoms with Crippen LogP contribution < -0.4 is 16.4 Å². The number of amides is 1. The first kappa shape index (κ1) is 15.8. The van der Waals surface area contributed by atoms with E-state index >= 15 is 0 Å². The third kappa shape index (κ3) is 4.18. The van der Waals surface area contributed by atoms with Crippen LogP contribution in [0.4, 0.5) is 10.9 Å².